The summed E-state index contributed by atoms with van der Waals surface area (Å²) in [6.45, 7) is 0. The van der Waals surface area contributed by atoms with Crippen LogP contribution >= 0.6 is 34.0 Å². The molecule has 0 radical (unpaired) electrons. The molecular formula is C23H15NS3. The maximum Gasteiger partial charge on any atom is 0.133 e. The van der Waals surface area contributed by atoms with E-state index in [0.717, 1.165) is 5.01 Å². The van der Waals surface area contributed by atoms with E-state index in [1.165, 1.54) is 35.5 Å². The van der Waals surface area contributed by atoms with Gasteiger partial charge < -0.3 is 0 Å². The van der Waals surface area contributed by atoms with Crippen molar-refractivity contribution in [2.45, 2.75) is 0 Å². The van der Waals surface area contributed by atoms with Crippen LogP contribution in [0.2, 0.25) is 0 Å². The Labute approximate surface area is 170 Å². The smallest absolute Gasteiger partial charge is 0.133 e. The molecule has 0 amide bonds. The first kappa shape index (κ1) is 16.6. The number of aromatic nitrogens is 1. The molecule has 5 rings (SSSR count). The van der Waals surface area contributed by atoms with Gasteiger partial charge in [-0.3, -0.25) is 0 Å². The maximum absolute atomic E-state index is 4.69. The molecule has 5 aromatic rings. The summed E-state index contributed by atoms with van der Waals surface area (Å²) in [6, 6.07) is 29.8. The maximum atomic E-state index is 4.69. The van der Waals surface area contributed by atoms with Gasteiger partial charge >= 0.3 is 0 Å². The number of hydrogen-bond acceptors (Lipinski definition) is 4. The summed E-state index contributed by atoms with van der Waals surface area (Å²) in [6.07, 6.45) is 2.00. The van der Waals surface area contributed by atoms with Crippen LogP contribution in [0.25, 0.3) is 40.5 Å². The van der Waals surface area contributed by atoms with Gasteiger partial charge in [-0.1, -0.05) is 60.7 Å². The second-order valence-electron chi connectivity index (χ2n) is 6.09. The van der Waals surface area contributed by atoms with Crippen molar-refractivity contribution >= 4 is 34.0 Å². The Balaban J connectivity index is 1.42. The van der Waals surface area contributed by atoms with E-state index in [0.29, 0.717) is 0 Å². The molecule has 130 valence electrons. The fourth-order valence-electron chi connectivity index (χ4n) is 2.94. The Morgan fingerprint density at radius 3 is 1.59 bits per heavy atom. The number of rotatable bonds is 4. The average molecular weight is 402 g/mol. The minimum Gasteiger partial charge on any atom is -0.243 e. The van der Waals surface area contributed by atoms with Crippen molar-refractivity contribution in [2.75, 3.05) is 0 Å². The first-order valence-corrected chi connectivity index (χ1v) is 11.1. The van der Waals surface area contributed by atoms with Crippen LogP contribution in [0.3, 0.4) is 0 Å². The topological polar surface area (TPSA) is 12.9 Å². The third-order valence-corrected chi connectivity index (χ3v) is 7.92. The highest BCUT2D eigenvalue weighted by Gasteiger charge is 2.12. The van der Waals surface area contributed by atoms with Crippen LogP contribution < -0.4 is 0 Å². The summed E-state index contributed by atoms with van der Waals surface area (Å²) >= 11 is 5.39. The van der Waals surface area contributed by atoms with E-state index in [2.05, 4.69) is 89.9 Å². The second-order valence-corrected chi connectivity index (χ2v) is 9.29. The van der Waals surface area contributed by atoms with E-state index in [-0.39, 0.29) is 0 Å². The molecule has 0 fully saturated rings. The van der Waals surface area contributed by atoms with Gasteiger partial charge in [0.25, 0.3) is 0 Å². The summed E-state index contributed by atoms with van der Waals surface area (Å²) in [5, 5.41) is 1.09. The molecule has 0 saturated carbocycles. The van der Waals surface area contributed by atoms with Gasteiger partial charge in [-0.25, -0.2) is 4.98 Å². The van der Waals surface area contributed by atoms with Crippen molar-refractivity contribution < 1.29 is 0 Å². The number of thiazole rings is 1. The lowest BCUT2D eigenvalue weighted by molar-refractivity contribution is 1.43. The normalized spacial score (nSPS) is 11.0. The van der Waals surface area contributed by atoms with Gasteiger partial charge in [0.05, 0.1) is 9.75 Å². The monoisotopic (exact) mass is 401 g/mol. The van der Waals surface area contributed by atoms with Gasteiger partial charge in [0.2, 0.25) is 0 Å². The average Bonchev–Trinajstić information content (AvgIpc) is 3.49. The van der Waals surface area contributed by atoms with Crippen LogP contribution in [-0.4, -0.2) is 4.98 Å². The fraction of sp³-hybridized carbons (Fsp3) is 0. The lowest BCUT2D eigenvalue weighted by Gasteiger charge is -1.95. The van der Waals surface area contributed by atoms with Crippen LogP contribution in [0.5, 0.6) is 0 Å². The Bertz CT molecular complexity index is 1070. The summed E-state index contributed by atoms with van der Waals surface area (Å²) in [4.78, 5) is 11.0. The standard InChI is InChI=1S/C23H15NS3/c1-3-7-16(8-4-1)18-11-13-20(25-18)22-15-24-23(27-22)21-14-12-19(26-21)17-9-5-2-6-10-17/h1-15H. The largest absolute Gasteiger partial charge is 0.243 e. The third kappa shape index (κ3) is 3.39. The molecular weight excluding hydrogens is 386 g/mol. The minimum atomic E-state index is 1.09. The van der Waals surface area contributed by atoms with Crippen LogP contribution in [0.15, 0.2) is 91.1 Å². The molecule has 0 N–H and O–H groups in total. The molecule has 0 atom stereocenters. The zero-order valence-electron chi connectivity index (χ0n) is 14.3. The predicted octanol–water partition coefficient (Wildman–Crippen LogP) is 7.93. The highest BCUT2D eigenvalue weighted by molar-refractivity contribution is 7.27. The van der Waals surface area contributed by atoms with Crippen LogP contribution in [0.1, 0.15) is 0 Å². The summed E-state index contributed by atoms with van der Waals surface area (Å²) < 4.78 is 0. The quantitative estimate of drug-likeness (QED) is 0.298. The Hall–Kier alpha value is -2.53. The fourth-order valence-corrected chi connectivity index (χ4v) is 6.02. The van der Waals surface area contributed by atoms with Gasteiger partial charge in [0.1, 0.15) is 5.01 Å². The molecule has 2 aromatic carbocycles. The molecule has 27 heavy (non-hydrogen) atoms. The van der Waals surface area contributed by atoms with E-state index < -0.39 is 0 Å². The number of hydrogen-bond donors (Lipinski definition) is 0. The Morgan fingerprint density at radius 2 is 0.963 bits per heavy atom. The van der Waals surface area contributed by atoms with Crippen molar-refractivity contribution in [3.05, 3.63) is 91.1 Å². The van der Waals surface area contributed by atoms with Gasteiger partial charge in [0.15, 0.2) is 0 Å². The SMILES string of the molecule is c1ccc(-c2ccc(-c3cnc(-c4ccc(-c5ccccc5)s4)s3)s2)cc1. The number of benzene rings is 2. The zero-order chi connectivity index (χ0) is 18.1. The lowest BCUT2D eigenvalue weighted by atomic mass is 10.2. The van der Waals surface area contributed by atoms with Gasteiger partial charge in [-0.15, -0.1) is 34.0 Å². The summed E-state index contributed by atoms with van der Waals surface area (Å²) in [5.41, 5.74) is 2.53. The van der Waals surface area contributed by atoms with E-state index in [1.54, 1.807) is 22.7 Å². The summed E-state index contributed by atoms with van der Waals surface area (Å²) in [5.74, 6) is 0. The number of nitrogens with zero attached hydrogens (tertiary/aromatic N) is 1. The molecule has 3 heterocycles. The highest BCUT2D eigenvalue weighted by Crippen LogP contribution is 2.41. The molecule has 0 saturated heterocycles. The molecule has 0 aliphatic heterocycles. The van der Waals surface area contributed by atoms with Crippen molar-refractivity contribution in [2.24, 2.45) is 0 Å². The zero-order valence-corrected chi connectivity index (χ0v) is 16.8. The van der Waals surface area contributed by atoms with Crippen LogP contribution in [0, 0.1) is 0 Å². The third-order valence-electron chi connectivity index (χ3n) is 4.29. The highest BCUT2D eigenvalue weighted by atomic mass is 32.1. The van der Waals surface area contributed by atoms with E-state index in [4.69, 9.17) is 0 Å². The van der Waals surface area contributed by atoms with Gasteiger partial charge in [-0.05, 0) is 35.4 Å². The lowest BCUT2D eigenvalue weighted by Crippen LogP contribution is -1.67. The predicted molar refractivity (Wildman–Crippen MR) is 120 cm³/mol. The van der Waals surface area contributed by atoms with Crippen LogP contribution in [0.4, 0.5) is 0 Å². The number of thiophene rings is 2. The molecule has 0 unspecified atom stereocenters. The van der Waals surface area contributed by atoms with E-state index in [9.17, 15) is 0 Å². The summed E-state index contributed by atoms with van der Waals surface area (Å²) in [7, 11) is 0. The molecule has 0 spiro atoms. The Kier molecular flexibility index (Phi) is 4.46. The molecule has 0 aliphatic rings. The van der Waals surface area contributed by atoms with Gasteiger partial charge in [0, 0.05) is 20.8 Å². The first-order valence-electron chi connectivity index (χ1n) is 8.64. The van der Waals surface area contributed by atoms with Gasteiger partial charge in [-0.2, -0.15) is 0 Å². The minimum absolute atomic E-state index is 1.09. The van der Waals surface area contributed by atoms with Crippen molar-refractivity contribution in [1.29, 1.82) is 0 Å². The molecule has 1 nitrogen and oxygen atoms in total. The van der Waals surface area contributed by atoms with E-state index in [1.807, 2.05) is 17.5 Å². The Morgan fingerprint density at radius 1 is 0.444 bits per heavy atom. The van der Waals surface area contributed by atoms with Crippen molar-refractivity contribution in [1.82, 2.24) is 4.98 Å². The molecule has 3 aromatic heterocycles. The molecule has 0 aliphatic carbocycles. The van der Waals surface area contributed by atoms with E-state index >= 15 is 0 Å². The van der Waals surface area contributed by atoms with Crippen molar-refractivity contribution in [3.63, 3.8) is 0 Å². The van der Waals surface area contributed by atoms with Crippen molar-refractivity contribution in [3.8, 4) is 40.5 Å². The molecule has 0 bridgehead atoms. The second kappa shape index (κ2) is 7.24. The van der Waals surface area contributed by atoms with Crippen LogP contribution in [-0.2, 0) is 0 Å². The molecule has 4 heteroatoms. The first-order chi connectivity index (χ1) is 13.4.